The van der Waals surface area contributed by atoms with Gasteiger partial charge in [-0.1, -0.05) is 6.07 Å². The minimum Gasteiger partial charge on any atom is -0.490 e. The van der Waals surface area contributed by atoms with Gasteiger partial charge in [0.2, 0.25) is 0 Å². The molecule has 1 aliphatic rings. The quantitative estimate of drug-likeness (QED) is 0.827. The lowest BCUT2D eigenvalue weighted by Gasteiger charge is -2.20. The van der Waals surface area contributed by atoms with Crippen molar-refractivity contribution in [3.63, 3.8) is 0 Å². The van der Waals surface area contributed by atoms with Crippen LogP contribution in [0.1, 0.15) is 31.7 Å². The van der Waals surface area contributed by atoms with Crippen molar-refractivity contribution in [1.29, 1.82) is 0 Å². The van der Waals surface area contributed by atoms with E-state index in [9.17, 15) is 5.11 Å². The molecule has 0 aliphatic heterocycles. The monoisotopic (exact) mass is 265 g/mol. The zero-order valence-electron chi connectivity index (χ0n) is 11.7. The van der Waals surface area contributed by atoms with E-state index < -0.39 is 0 Å². The number of hydrogen-bond acceptors (Lipinski definition) is 4. The number of benzene rings is 1. The smallest absolute Gasteiger partial charge is 0.161 e. The summed E-state index contributed by atoms with van der Waals surface area (Å²) in [5, 5.41) is 13.0. The fourth-order valence-corrected chi connectivity index (χ4v) is 2.44. The van der Waals surface area contributed by atoms with E-state index in [-0.39, 0.29) is 12.2 Å². The van der Waals surface area contributed by atoms with Gasteiger partial charge in [-0.15, -0.1) is 0 Å². The molecule has 1 aromatic carbocycles. The van der Waals surface area contributed by atoms with E-state index in [1.165, 1.54) is 0 Å². The standard InChI is InChI=1S/C15H23NO3/c1-3-18-15-9-11(10-16-2)7-8-14(15)19-13-6-4-5-12(13)17/h7-9,12-13,16-17H,3-6,10H2,1-2H3. The number of rotatable bonds is 6. The Balaban J connectivity index is 2.13. The van der Waals surface area contributed by atoms with Crippen molar-refractivity contribution < 1.29 is 14.6 Å². The summed E-state index contributed by atoms with van der Waals surface area (Å²) in [6.07, 6.45) is 2.30. The molecule has 0 amide bonds. The molecule has 2 unspecified atom stereocenters. The fraction of sp³-hybridized carbons (Fsp3) is 0.600. The lowest BCUT2D eigenvalue weighted by molar-refractivity contribution is 0.0582. The van der Waals surface area contributed by atoms with Crippen LogP contribution in [0.15, 0.2) is 18.2 Å². The maximum Gasteiger partial charge on any atom is 0.161 e. The van der Waals surface area contributed by atoms with Gasteiger partial charge in [-0.25, -0.2) is 0 Å². The van der Waals surface area contributed by atoms with Gasteiger partial charge >= 0.3 is 0 Å². The summed E-state index contributed by atoms with van der Waals surface area (Å²) < 4.78 is 11.5. The maximum absolute atomic E-state index is 9.83. The average molecular weight is 265 g/mol. The predicted octanol–water partition coefficient (Wildman–Crippen LogP) is 2.10. The number of ether oxygens (including phenoxy) is 2. The molecule has 0 heterocycles. The summed E-state index contributed by atoms with van der Waals surface area (Å²) in [6.45, 7) is 3.36. The van der Waals surface area contributed by atoms with Crippen molar-refractivity contribution in [2.75, 3.05) is 13.7 Å². The second-order valence-corrected chi connectivity index (χ2v) is 4.90. The summed E-state index contributed by atoms with van der Waals surface area (Å²) in [4.78, 5) is 0. The normalized spacial score (nSPS) is 22.5. The van der Waals surface area contributed by atoms with Crippen LogP contribution in [0.25, 0.3) is 0 Å². The van der Waals surface area contributed by atoms with Gasteiger partial charge in [0.25, 0.3) is 0 Å². The first-order valence-corrected chi connectivity index (χ1v) is 6.99. The second kappa shape index (κ2) is 6.78. The number of aliphatic hydroxyl groups excluding tert-OH is 1. The van der Waals surface area contributed by atoms with Crippen molar-refractivity contribution in [1.82, 2.24) is 5.32 Å². The van der Waals surface area contributed by atoms with Gasteiger partial charge in [0.1, 0.15) is 6.10 Å². The van der Waals surface area contributed by atoms with Crippen LogP contribution in [0.4, 0.5) is 0 Å². The van der Waals surface area contributed by atoms with E-state index in [1.54, 1.807) is 0 Å². The number of aliphatic hydroxyl groups is 1. The van der Waals surface area contributed by atoms with E-state index >= 15 is 0 Å². The van der Waals surface area contributed by atoms with Gasteiger partial charge in [-0.2, -0.15) is 0 Å². The molecule has 19 heavy (non-hydrogen) atoms. The maximum atomic E-state index is 9.83. The van der Waals surface area contributed by atoms with Crippen LogP contribution in [-0.2, 0) is 6.54 Å². The molecule has 0 radical (unpaired) electrons. The Morgan fingerprint density at radius 1 is 1.32 bits per heavy atom. The molecule has 1 saturated carbocycles. The summed E-state index contributed by atoms with van der Waals surface area (Å²) in [6, 6.07) is 5.95. The average Bonchev–Trinajstić information content (AvgIpc) is 2.79. The topological polar surface area (TPSA) is 50.7 Å². The zero-order valence-corrected chi connectivity index (χ0v) is 11.7. The van der Waals surface area contributed by atoms with Crippen molar-refractivity contribution in [2.24, 2.45) is 0 Å². The minimum atomic E-state index is -0.355. The summed E-state index contributed by atoms with van der Waals surface area (Å²) in [5.41, 5.74) is 1.16. The molecule has 4 nitrogen and oxygen atoms in total. The summed E-state index contributed by atoms with van der Waals surface area (Å²) in [5.74, 6) is 1.49. The third-order valence-corrected chi connectivity index (χ3v) is 3.38. The summed E-state index contributed by atoms with van der Waals surface area (Å²) >= 11 is 0. The minimum absolute atomic E-state index is 0.102. The third kappa shape index (κ3) is 3.61. The Bertz CT molecular complexity index is 408. The van der Waals surface area contributed by atoms with Crippen LogP contribution in [0.3, 0.4) is 0 Å². The Morgan fingerprint density at radius 3 is 2.79 bits per heavy atom. The van der Waals surface area contributed by atoms with E-state index in [1.807, 2.05) is 32.2 Å². The van der Waals surface area contributed by atoms with Crippen molar-refractivity contribution >= 4 is 0 Å². The Morgan fingerprint density at radius 2 is 2.16 bits per heavy atom. The zero-order chi connectivity index (χ0) is 13.7. The lowest BCUT2D eigenvalue weighted by atomic mass is 10.2. The highest BCUT2D eigenvalue weighted by Crippen LogP contribution is 2.32. The van der Waals surface area contributed by atoms with Gasteiger partial charge in [-0.05, 0) is 50.9 Å². The molecule has 0 bridgehead atoms. The molecule has 2 rings (SSSR count). The van der Waals surface area contributed by atoms with Crippen LogP contribution in [0, 0.1) is 0 Å². The Kier molecular flexibility index (Phi) is 5.05. The van der Waals surface area contributed by atoms with E-state index in [0.717, 1.165) is 42.9 Å². The highest BCUT2D eigenvalue weighted by Gasteiger charge is 2.27. The molecule has 1 aliphatic carbocycles. The molecule has 4 heteroatoms. The number of hydrogen-bond donors (Lipinski definition) is 2. The predicted molar refractivity (Wildman–Crippen MR) is 74.6 cm³/mol. The van der Waals surface area contributed by atoms with E-state index in [2.05, 4.69) is 5.32 Å². The van der Waals surface area contributed by atoms with Crippen LogP contribution >= 0.6 is 0 Å². The van der Waals surface area contributed by atoms with Crippen LogP contribution < -0.4 is 14.8 Å². The second-order valence-electron chi connectivity index (χ2n) is 4.90. The van der Waals surface area contributed by atoms with E-state index in [4.69, 9.17) is 9.47 Å². The first kappa shape index (κ1) is 14.2. The highest BCUT2D eigenvalue weighted by molar-refractivity contribution is 5.43. The number of nitrogens with one attached hydrogen (secondary N) is 1. The highest BCUT2D eigenvalue weighted by atomic mass is 16.5. The molecule has 2 N–H and O–H groups in total. The molecule has 106 valence electrons. The lowest BCUT2D eigenvalue weighted by Crippen LogP contribution is -2.25. The van der Waals surface area contributed by atoms with Crippen LogP contribution in [-0.4, -0.2) is 31.0 Å². The first-order chi connectivity index (χ1) is 9.24. The van der Waals surface area contributed by atoms with Gasteiger partial charge in [-0.3, -0.25) is 0 Å². The van der Waals surface area contributed by atoms with Crippen molar-refractivity contribution in [2.45, 2.75) is 44.9 Å². The SMILES string of the molecule is CCOc1cc(CNC)ccc1OC1CCCC1O. The van der Waals surface area contributed by atoms with Crippen LogP contribution in [0.5, 0.6) is 11.5 Å². The van der Waals surface area contributed by atoms with Gasteiger partial charge < -0.3 is 19.9 Å². The molecular weight excluding hydrogens is 242 g/mol. The largest absolute Gasteiger partial charge is 0.490 e. The molecule has 1 fully saturated rings. The molecule has 2 atom stereocenters. The van der Waals surface area contributed by atoms with Crippen LogP contribution in [0.2, 0.25) is 0 Å². The van der Waals surface area contributed by atoms with Gasteiger partial charge in [0, 0.05) is 6.54 Å². The molecule has 0 saturated heterocycles. The van der Waals surface area contributed by atoms with Gasteiger partial charge in [0.15, 0.2) is 11.5 Å². The molecular formula is C15H23NO3. The van der Waals surface area contributed by atoms with Crippen molar-refractivity contribution in [3.05, 3.63) is 23.8 Å². The first-order valence-electron chi connectivity index (χ1n) is 6.99. The summed E-state index contributed by atoms with van der Waals surface area (Å²) in [7, 11) is 1.92. The third-order valence-electron chi connectivity index (χ3n) is 3.38. The van der Waals surface area contributed by atoms with Gasteiger partial charge in [0.05, 0.1) is 12.7 Å². The van der Waals surface area contributed by atoms with Crippen molar-refractivity contribution in [3.8, 4) is 11.5 Å². The molecule has 1 aromatic rings. The molecule has 0 spiro atoms. The van der Waals surface area contributed by atoms with E-state index in [0.29, 0.717) is 6.61 Å². The molecule has 0 aromatic heterocycles. The fourth-order valence-electron chi connectivity index (χ4n) is 2.44. The Labute approximate surface area is 114 Å². The Hall–Kier alpha value is -1.26.